The molecule has 2 aromatic rings. The summed E-state index contributed by atoms with van der Waals surface area (Å²) in [7, 11) is 0. The number of amides is 1. The van der Waals surface area contributed by atoms with Gasteiger partial charge in [-0.1, -0.05) is 51.1 Å². The normalized spacial score (nSPS) is 13.6. The number of rotatable bonds is 5. The molecule has 0 atom stereocenters. The van der Waals surface area contributed by atoms with Gasteiger partial charge in [0.25, 0.3) is 0 Å². The Morgan fingerprint density at radius 2 is 1.80 bits per heavy atom. The lowest BCUT2D eigenvalue weighted by atomic mass is 9.87. The molecule has 1 aliphatic rings. The summed E-state index contributed by atoms with van der Waals surface area (Å²) >= 11 is 1.58. The predicted octanol–water partition coefficient (Wildman–Crippen LogP) is 4.00. The average Bonchev–Trinajstić information content (AvgIpc) is 3.05. The van der Waals surface area contributed by atoms with Gasteiger partial charge < -0.3 is 10.6 Å². The van der Waals surface area contributed by atoms with Gasteiger partial charge in [0.05, 0.1) is 5.75 Å². The molecule has 0 aliphatic carbocycles. The molecule has 0 saturated heterocycles. The van der Waals surface area contributed by atoms with Crippen LogP contribution in [0.5, 0.6) is 0 Å². The number of carbonyl (C=O) groups is 1. The first-order chi connectivity index (χ1) is 11.9. The maximum Gasteiger partial charge on any atom is 0.230 e. The molecule has 3 nitrogen and oxygen atoms in total. The van der Waals surface area contributed by atoms with E-state index in [9.17, 15) is 4.79 Å². The molecule has 2 aromatic carbocycles. The topological polar surface area (TPSA) is 41.1 Å². The fourth-order valence-corrected chi connectivity index (χ4v) is 3.64. The average molecular weight is 355 g/mol. The maximum absolute atomic E-state index is 12.1. The molecule has 1 heterocycles. The minimum Gasteiger partial charge on any atom is -0.351 e. The van der Waals surface area contributed by atoms with Gasteiger partial charge in [0, 0.05) is 24.5 Å². The van der Waals surface area contributed by atoms with Crippen molar-refractivity contribution in [2.75, 3.05) is 5.75 Å². The first-order valence-electron chi connectivity index (χ1n) is 8.73. The van der Waals surface area contributed by atoms with Gasteiger partial charge in [-0.25, -0.2) is 0 Å². The number of carbonyl (C=O) groups excluding carboxylic acids is 1. The van der Waals surface area contributed by atoms with Crippen LogP contribution in [-0.4, -0.2) is 11.7 Å². The molecule has 3 rings (SSSR count). The van der Waals surface area contributed by atoms with Crippen LogP contribution in [0.15, 0.2) is 47.4 Å². The van der Waals surface area contributed by atoms with E-state index in [0.717, 1.165) is 23.5 Å². The molecule has 0 unspecified atom stereocenters. The SMILES string of the molecule is CC(C)(C)c1ccc(SCC(=O)NCc2ccc3c(c2)CNC3)cc1. The van der Waals surface area contributed by atoms with Crippen LogP contribution in [0.1, 0.15) is 43.0 Å². The first-order valence-corrected chi connectivity index (χ1v) is 9.72. The van der Waals surface area contributed by atoms with Crippen molar-refractivity contribution in [2.45, 2.75) is 50.7 Å². The summed E-state index contributed by atoms with van der Waals surface area (Å²) in [6, 6.07) is 15.0. The van der Waals surface area contributed by atoms with E-state index in [-0.39, 0.29) is 11.3 Å². The molecule has 0 fully saturated rings. The van der Waals surface area contributed by atoms with Gasteiger partial charge in [0.2, 0.25) is 5.91 Å². The highest BCUT2D eigenvalue weighted by molar-refractivity contribution is 8.00. The smallest absolute Gasteiger partial charge is 0.230 e. The molecule has 0 radical (unpaired) electrons. The number of hydrogen-bond donors (Lipinski definition) is 2. The Morgan fingerprint density at radius 3 is 2.52 bits per heavy atom. The maximum atomic E-state index is 12.1. The van der Waals surface area contributed by atoms with E-state index in [0.29, 0.717) is 12.3 Å². The van der Waals surface area contributed by atoms with Crippen molar-refractivity contribution in [1.82, 2.24) is 10.6 Å². The summed E-state index contributed by atoms with van der Waals surface area (Å²) in [6.45, 7) is 9.09. The van der Waals surface area contributed by atoms with Crippen molar-refractivity contribution in [3.8, 4) is 0 Å². The van der Waals surface area contributed by atoms with Crippen LogP contribution in [0, 0.1) is 0 Å². The van der Waals surface area contributed by atoms with Crippen LogP contribution in [0.4, 0.5) is 0 Å². The van der Waals surface area contributed by atoms with Crippen molar-refractivity contribution in [3.63, 3.8) is 0 Å². The summed E-state index contributed by atoms with van der Waals surface area (Å²) in [4.78, 5) is 13.2. The molecule has 1 amide bonds. The minimum absolute atomic E-state index is 0.0727. The van der Waals surface area contributed by atoms with Crippen LogP contribution >= 0.6 is 11.8 Å². The second kappa shape index (κ2) is 7.63. The molecule has 25 heavy (non-hydrogen) atoms. The summed E-state index contributed by atoms with van der Waals surface area (Å²) in [5.74, 6) is 0.518. The van der Waals surface area contributed by atoms with Crippen LogP contribution in [0.2, 0.25) is 0 Å². The molecule has 0 aromatic heterocycles. The highest BCUT2D eigenvalue weighted by atomic mass is 32.2. The second-order valence-corrected chi connectivity index (χ2v) is 8.60. The Labute approximate surface area is 154 Å². The zero-order valence-corrected chi connectivity index (χ0v) is 16.0. The highest BCUT2D eigenvalue weighted by Crippen LogP contribution is 2.25. The van der Waals surface area contributed by atoms with Crippen LogP contribution < -0.4 is 10.6 Å². The Morgan fingerprint density at radius 1 is 1.08 bits per heavy atom. The molecule has 132 valence electrons. The third kappa shape index (κ3) is 4.86. The lowest BCUT2D eigenvalue weighted by Crippen LogP contribution is -2.24. The van der Waals surface area contributed by atoms with Crippen molar-refractivity contribution in [2.24, 2.45) is 0 Å². The van der Waals surface area contributed by atoms with E-state index >= 15 is 0 Å². The fraction of sp³-hybridized carbons (Fsp3) is 0.381. The van der Waals surface area contributed by atoms with E-state index in [1.807, 2.05) is 0 Å². The lowest BCUT2D eigenvalue weighted by molar-refractivity contribution is -0.118. The molecule has 1 aliphatic heterocycles. The zero-order chi connectivity index (χ0) is 17.9. The van der Waals surface area contributed by atoms with Crippen molar-refractivity contribution in [1.29, 1.82) is 0 Å². The number of fused-ring (bicyclic) bond motifs is 1. The molecule has 0 spiro atoms. The Hall–Kier alpha value is -1.78. The van der Waals surface area contributed by atoms with Gasteiger partial charge in [-0.3, -0.25) is 4.79 Å². The van der Waals surface area contributed by atoms with E-state index in [1.165, 1.54) is 16.7 Å². The second-order valence-electron chi connectivity index (χ2n) is 7.55. The van der Waals surface area contributed by atoms with E-state index in [2.05, 4.69) is 73.9 Å². The zero-order valence-electron chi connectivity index (χ0n) is 15.2. The number of nitrogens with one attached hydrogen (secondary N) is 2. The summed E-state index contributed by atoms with van der Waals surface area (Å²) < 4.78 is 0. The monoisotopic (exact) mass is 354 g/mol. The Kier molecular flexibility index (Phi) is 5.50. The van der Waals surface area contributed by atoms with Gasteiger partial charge in [-0.05, 0) is 39.8 Å². The van der Waals surface area contributed by atoms with Gasteiger partial charge in [0.15, 0.2) is 0 Å². The predicted molar refractivity (Wildman–Crippen MR) is 105 cm³/mol. The standard InChI is InChI=1S/C21H26N2OS/c1-21(2,3)18-6-8-19(9-7-18)25-14-20(24)23-11-15-4-5-16-12-22-13-17(16)10-15/h4-10,22H,11-14H2,1-3H3,(H,23,24). The highest BCUT2D eigenvalue weighted by Gasteiger charge is 2.13. The van der Waals surface area contributed by atoms with Crippen LogP contribution in [0.3, 0.4) is 0 Å². The van der Waals surface area contributed by atoms with Crippen molar-refractivity contribution < 1.29 is 4.79 Å². The van der Waals surface area contributed by atoms with Gasteiger partial charge in [0.1, 0.15) is 0 Å². The molecule has 2 N–H and O–H groups in total. The number of hydrogen-bond acceptors (Lipinski definition) is 3. The summed E-state index contributed by atoms with van der Waals surface area (Å²) in [5, 5.41) is 6.36. The number of benzene rings is 2. The molecular formula is C21H26N2OS. The van der Waals surface area contributed by atoms with Gasteiger partial charge in [-0.15, -0.1) is 11.8 Å². The lowest BCUT2D eigenvalue weighted by Gasteiger charge is -2.19. The van der Waals surface area contributed by atoms with Gasteiger partial charge in [-0.2, -0.15) is 0 Å². The quantitative estimate of drug-likeness (QED) is 0.798. The minimum atomic E-state index is 0.0727. The third-order valence-corrected chi connectivity index (χ3v) is 5.49. The molecule has 4 heteroatoms. The molecule has 0 saturated carbocycles. The number of thioether (sulfide) groups is 1. The third-order valence-electron chi connectivity index (χ3n) is 4.48. The van der Waals surface area contributed by atoms with Crippen LogP contribution in [0.25, 0.3) is 0 Å². The van der Waals surface area contributed by atoms with Crippen molar-refractivity contribution >= 4 is 17.7 Å². The largest absolute Gasteiger partial charge is 0.351 e. The van der Waals surface area contributed by atoms with E-state index < -0.39 is 0 Å². The molecular weight excluding hydrogens is 328 g/mol. The summed E-state index contributed by atoms with van der Waals surface area (Å²) in [5.41, 5.74) is 5.35. The fourth-order valence-electron chi connectivity index (χ4n) is 2.91. The Balaban J connectivity index is 1.46. The first kappa shape index (κ1) is 18.0. The van der Waals surface area contributed by atoms with E-state index in [4.69, 9.17) is 0 Å². The summed E-state index contributed by atoms with van der Waals surface area (Å²) in [6.07, 6.45) is 0. The van der Waals surface area contributed by atoms with Gasteiger partial charge >= 0.3 is 0 Å². The Bertz CT molecular complexity index is 747. The van der Waals surface area contributed by atoms with E-state index in [1.54, 1.807) is 11.8 Å². The van der Waals surface area contributed by atoms with Crippen molar-refractivity contribution in [3.05, 3.63) is 64.7 Å². The van der Waals surface area contributed by atoms with Crippen LogP contribution in [-0.2, 0) is 29.8 Å². The molecule has 0 bridgehead atoms.